The van der Waals surface area contributed by atoms with E-state index in [0.29, 0.717) is 11.7 Å². The summed E-state index contributed by atoms with van der Waals surface area (Å²) >= 11 is 0. The highest BCUT2D eigenvalue weighted by Gasteiger charge is 2.59. The van der Waals surface area contributed by atoms with Crippen molar-refractivity contribution >= 4 is 17.4 Å². The third-order valence-corrected chi connectivity index (χ3v) is 4.96. The van der Waals surface area contributed by atoms with Crippen molar-refractivity contribution in [2.75, 3.05) is 11.9 Å². The number of benzene rings is 1. The van der Waals surface area contributed by atoms with Gasteiger partial charge in [0, 0.05) is 18.2 Å². The van der Waals surface area contributed by atoms with Crippen LogP contribution in [-0.2, 0) is 10.3 Å². The number of carbonyl (C=O) groups is 1. The van der Waals surface area contributed by atoms with E-state index in [0.717, 1.165) is 13.0 Å². The smallest absolute Gasteiger partial charge is 0.424 e. The largest absolute Gasteiger partial charge is 0.445 e. The fraction of sp³-hybridized carbons (Fsp3) is 0.421. The summed E-state index contributed by atoms with van der Waals surface area (Å²) in [6.45, 7) is 4.74. The number of oxazole rings is 1. The molecular weight excluding hydrogens is 408 g/mol. The second-order valence-corrected chi connectivity index (χ2v) is 7.38. The predicted molar refractivity (Wildman–Crippen MR) is 99.7 cm³/mol. The van der Waals surface area contributed by atoms with Gasteiger partial charge in [0.05, 0.1) is 6.61 Å². The van der Waals surface area contributed by atoms with Gasteiger partial charge in [-0.1, -0.05) is 0 Å². The lowest BCUT2D eigenvalue weighted by Gasteiger charge is -2.41. The average Bonchev–Trinajstić information content (AvgIpc) is 2.97. The first-order valence-corrected chi connectivity index (χ1v) is 8.89. The lowest BCUT2D eigenvalue weighted by molar-refractivity contribution is -0.249. The maximum Gasteiger partial charge on any atom is 0.424 e. The second-order valence-electron chi connectivity index (χ2n) is 7.38. The number of aliphatic imine (C=N–C) groups is 1. The van der Waals surface area contributed by atoms with E-state index in [4.69, 9.17) is 14.9 Å². The van der Waals surface area contributed by atoms with Crippen LogP contribution in [-0.4, -0.2) is 35.1 Å². The highest BCUT2D eigenvalue weighted by Crippen LogP contribution is 2.41. The molecule has 11 heteroatoms. The van der Waals surface area contributed by atoms with Gasteiger partial charge in [-0.2, -0.15) is 13.2 Å². The van der Waals surface area contributed by atoms with E-state index in [2.05, 4.69) is 15.3 Å². The van der Waals surface area contributed by atoms with Crippen molar-refractivity contribution in [3.63, 3.8) is 0 Å². The highest BCUT2D eigenvalue weighted by molar-refractivity contribution is 6.03. The molecule has 2 atom stereocenters. The number of nitrogens with zero attached hydrogens (tertiary/aromatic N) is 2. The summed E-state index contributed by atoms with van der Waals surface area (Å²) in [6.07, 6.45) is -4.79. The van der Waals surface area contributed by atoms with Crippen molar-refractivity contribution in [1.82, 2.24) is 4.98 Å². The number of amides is 1. The van der Waals surface area contributed by atoms with Gasteiger partial charge in [-0.15, -0.1) is 0 Å². The van der Waals surface area contributed by atoms with Crippen LogP contribution < -0.4 is 11.1 Å². The number of rotatable bonds is 3. The molecule has 162 valence electrons. The molecule has 0 fully saturated rings. The van der Waals surface area contributed by atoms with Gasteiger partial charge in [0.25, 0.3) is 5.91 Å². The number of alkyl halides is 3. The number of aryl methyl sites for hydroxylation is 2. The SMILES string of the molecule is Cc1nc(C(=O)Nc2ccc(F)c(C3(C)COC(C)(C(F)(F)F)C(N)=N3)c2)c(C)o1. The third kappa shape index (κ3) is 3.64. The van der Waals surface area contributed by atoms with Gasteiger partial charge in [-0.3, -0.25) is 9.79 Å². The van der Waals surface area contributed by atoms with Gasteiger partial charge < -0.3 is 20.2 Å². The molecular formula is C19H20F4N4O3. The van der Waals surface area contributed by atoms with Crippen LogP contribution in [0.4, 0.5) is 23.2 Å². The average molecular weight is 428 g/mol. The zero-order chi connectivity index (χ0) is 22.5. The van der Waals surface area contributed by atoms with E-state index in [1.165, 1.54) is 19.1 Å². The number of aromatic nitrogens is 1. The molecule has 0 aliphatic carbocycles. The zero-order valence-corrected chi connectivity index (χ0v) is 16.6. The molecule has 1 aliphatic rings. The van der Waals surface area contributed by atoms with Crippen molar-refractivity contribution in [3.8, 4) is 0 Å². The minimum absolute atomic E-state index is 0.0637. The molecule has 2 heterocycles. The van der Waals surface area contributed by atoms with E-state index in [1.54, 1.807) is 13.8 Å². The topological polar surface area (TPSA) is 103 Å². The quantitative estimate of drug-likeness (QED) is 0.727. The molecule has 1 aromatic heterocycles. The second kappa shape index (κ2) is 7.08. The molecule has 2 aromatic rings. The number of carbonyl (C=O) groups excluding carboxylic acids is 1. The van der Waals surface area contributed by atoms with Crippen LogP contribution in [0, 0.1) is 19.7 Å². The van der Waals surface area contributed by atoms with Gasteiger partial charge in [0.2, 0.25) is 5.60 Å². The minimum Gasteiger partial charge on any atom is -0.445 e. The van der Waals surface area contributed by atoms with E-state index in [1.807, 2.05) is 0 Å². The van der Waals surface area contributed by atoms with Gasteiger partial charge >= 0.3 is 6.18 Å². The van der Waals surface area contributed by atoms with Crippen LogP contribution in [0.3, 0.4) is 0 Å². The fourth-order valence-electron chi connectivity index (χ4n) is 3.07. The molecule has 0 spiro atoms. The standard InChI is InChI=1S/C19H20F4N4O3/c1-9-14(25-10(2)30-9)15(28)26-11-5-6-13(20)12(7-11)17(3)8-29-18(4,16(24)27-17)19(21,22)23/h5-7H,8H2,1-4H3,(H2,24,27)(H,26,28). The van der Waals surface area contributed by atoms with Crippen molar-refractivity contribution in [3.05, 3.63) is 46.9 Å². The molecule has 30 heavy (non-hydrogen) atoms. The number of hydrogen-bond acceptors (Lipinski definition) is 6. The van der Waals surface area contributed by atoms with Gasteiger partial charge in [0.15, 0.2) is 11.6 Å². The Morgan fingerprint density at radius 1 is 1.27 bits per heavy atom. The van der Waals surface area contributed by atoms with Crippen LogP contribution in [0.2, 0.25) is 0 Å². The van der Waals surface area contributed by atoms with Crippen molar-refractivity contribution in [2.24, 2.45) is 10.7 Å². The third-order valence-electron chi connectivity index (χ3n) is 4.96. The van der Waals surface area contributed by atoms with Crippen molar-refractivity contribution in [1.29, 1.82) is 0 Å². The number of hydrogen-bond donors (Lipinski definition) is 2. The molecule has 1 aliphatic heterocycles. The summed E-state index contributed by atoms with van der Waals surface area (Å²) in [5.41, 5.74) is 1.45. The summed E-state index contributed by atoms with van der Waals surface area (Å²) < 4.78 is 64.7. The number of halogens is 4. The molecule has 3 N–H and O–H groups in total. The lowest BCUT2D eigenvalue weighted by atomic mass is 9.89. The van der Waals surface area contributed by atoms with Crippen molar-refractivity contribution in [2.45, 2.75) is 45.0 Å². The van der Waals surface area contributed by atoms with E-state index >= 15 is 0 Å². The molecule has 0 saturated heterocycles. The van der Waals surface area contributed by atoms with Crippen LogP contribution in [0.1, 0.15) is 41.6 Å². The molecule has 1 amide bonds. The zero-order valence-electron chi connectivity index (χ0n) is 16.6. The lowest BCUT2D eigenvalue weighted by Crippen LogP contribution is -2.60. The monoisotopic (exact) mass is 428 g/mol. The highest BCUT2D eigenvalue weighted by atomic mass is 19.4. The van der Waals surface area contributed by atoms with E-state index in [9.17, 15) is 22.4 Å². The molecule has 2 unspecified atom stereocenters. The summed E-state index contributed by atoms with van der Waals surface area (Å²) in [7, 11) is 0. The number of nitrogens with one attached hydrogen (secondary N) is 1. The first-order chi connectivity index (χ1) is 13.8. The van der Waals surface area contributed by atoms with Crippen LogP contribution in [0.5, 0.6) is 0 Å². The maximum absolute atomic E-state index is 14.6. The Kier molecular flexibility index (Phi) is 5.13. The van der Waals surface area contributed by atoms with Crippen molar-refractivity contribution < 1.29 is 31.5 Å². The Hall–Kier alpha value is -2.95. The Labute approximate surface area is 169 Å². The number of ether oxygens (including phenoxy) is 1. The Morgan fingerprint density at radius 2 is 1.93 bits per heavy atom. The Balaban J connectivity index is 1.94. The number of anilines is 1. The molecule has 7 nitrogen and oxygen atoms in total. The number of amidine groups is 1. The summed E-state index contributed by atoms with van der Waals surface area (Å²) in [5.74, 6) is -1.52. The Morgan fingerprint density at radius 3 is 2.47 bits per heavy atom. The van der Waals surface area contributed by atoms with Gasteiger partial charge in [-0.25, -0.2) is 9.37 Å². The summed E-state index contributed by atoms with van der Waals surface area (Å²) in [4.78, 5) is 20.3. The van der Waals surface area contributed by atoms with Gasteiger partial charge in [-0.05, 0) is 39.0 Å². The van der Waals surface area contributed by atoms with E-state index < -0.39 is 41.5 Å². The molecule has 3 rings (SSSR count). The minimum atomic E-state index is -4.79. The molecule has 0 radical (unpaired) electrons. The Bertz CT molecular complexity index is 1030. The first-order valence-electron chi connectivity index (χ1n) is 8.89. The van der Waals surface area contributed by atoms with Gasteiger partial charge in [0.1, 0.15) is 23.0 Å². The fourth-order valence-corrected chi connectivity index (χ4v) is 3.07. The van der Waals surface area contributed by atoms with Crippen LogP contribution >= 0.6 is 0 Å². The first kappa shape index (κ1) is 21.8. The summed E-state index contributed by atoms with van der Waals surface area (Å²) in [5, 5.41) is 2.56. The predicted octanol–water partition coefficient (Wildman–Crippen LogP) is 3.61. The number of nitrogens with two attached hydrogens (primary N) is 1. The molecule has 1 aromatic carbocycles. The van der Waals surface area contributed by atoms with E-state index in [-0.39, 0.29) is 16.9 Å². The molecule has 0 bridgehead atoms. The summed E-state index contributed by atoms with van der Waals surface area (Å²) in [6, 6.07) is 3.64. The van der Waals surface area contributed by atoms with Crippen LogP contribution in [0.15, 0.2) is 27.6 Å². The van der Waals surface area contributed by atoms with Crippen LogP contribution in [0.25, 0.3) is 0 Å². The molecule has 0 saturated carbocycles. The normalized spacial score (nSPS) is 24.5. The maximum atomic E-state index is 14.6.